The summed E-state index contributed by atoms with van der Waals surface area (Å²) < 4.78 is 0. The van der Waals surface area contributed by atoms with Crippen molar-refractivity contribution in [1.29, 1.82) is 5.26 Å². The van der Waals surface area contributed by atoms with Crippen LogP contribution in [0.1, 0.15) is 11.3 Å². The van der Waals surface area contributed by atoms with Gasteiger partial charge in [0.2, 0.25) is 0 Å². The minimum absolute atomic E-state index is 0.270. The predicted molar refractivity (Wildman–Crippen MR) is 64.1 cm³/mol. The Morgan fingerprint density at radius 1 is 1.25 bits per heavy atom. The molecule has 0 aliphatic carbocycles. The second-order valence-electron chi connectivity index (χ2n) is 3.46. The van der Waals surface area contributed by atoms with E-state index in [9.17, 15) is 0 Å². The average molecular weight is 229 g/mol. The second-order valence-corrected chi connectivity index (χ2v) is 3.87. The molecular weight excluding hydrogens is 220 g/mol. The summed E-state index contributed by atoms with van der Waals surface area (Å²) in [6, 6.07) is 13.5. The van der Waals surface area contributed by atoms with E-state index >= 15 is 0 Å². The van der Waals surface area contributed by atoms with Gasteiger partial charge in [0, 0.05) is 5.56 Å². The molecule has 16 heavy (non-hydrogen) atoms. The van der Waals surface area contributed by atoms with Gasteiger partial charge < -0.3 is 0 Å². The molecule has 2 nitrogen and oxygen atoms in total. The van der Waals surface area contributed by atoms with Crippen molar-refractivity contribution in [2.75, 3.05) is 0 Å². The number of rotatable bonds is 1. The average Bonchev–Trinajstić information content (AvgIpc) is 2.30. The van der Waals surface area contributed by atoms with Crippen molar-refractivity contribution in [3.8, 4) is 17.3 Å². The van der Waals surface area contributed by atoms with Crippen LogP contribution in [0.25, 0.3) is 11.3 Å². The molecular formula is C13H9ClN2. The van der Waals surface area contributed by atoms with Crippen LogP contribution in [0.15, 0.2) is 36.4 Å². The maximum atomic E-state index is 8.88. The molecule has 0 N–H and O–H groups in total. The van der Waals surface area contributed by atoms with E-state index in [2.05, 4.69) is 4.98 Å². The molecule has 1 heterocycles. The molecule has 0 unspecified atom stereocenters. The summed E-state index contributed by atoms with van der Waals surface area (Å²) in [6.07, 6.45) is 0. The van der Waals surface area contributed by atoms with Crippen molar-refractivity contribution in [3.63, 3.8) is 0 Å². The largest absolute Gasteiger partial charge is 0.235 e. The summed E-state index contributed by atoms with van der Waals surface area (Å²) in [5.41, 5.74) is 3.04. The van der Waals surface area contributed by atoms with E-state index in [-0.39, 0.29) is 5.69 Å². The first-order valence-electron chi connectivity index (χ1n) is 4.85. The number of hydrogen-bond donors (Lipinski definition) is 0. The highest BCUT2D eigenvalue weighted by Crippen LogP contribution is 2.25. The predicted octanol–water partition coefficient (Wildman–Crippen LogP) is 3.58. The molecule has 0 aliphatic rings. The third-order valence-corrected chi connectivity index (χ3v) is 2.61. The van der Waals surface area contributed by atoms with E-state index in [1.807, 2.05) is 43.3 Å². The fourth-order valence-electron chi connectivity index (χ4n) is 1.55. The first-order valence-corrected chi connectivity index (χ1v) is 5.23. The molecule has 2 rings (SSSR count). The van der Waals surface area contributed by atoms with Gasteiger partial charge in [-0.3, -0.25) is 0 Å². The molecule has 3 heteroatoms. The van der Waals surface area contributed by atoms with Crippen molar-refractivity contribution in [3.05, 3.63) is 52.7 Å². The quantitative estimate of drug-likeness (QED) is 0.748. The van der Waals surface area contributed by atoms with Crippen LogP contribution in [0.5, 0.6) is 0 Å². The fourth-order valence-corrected chi connectivity index (χ4v) is 1.80. The Morgan fingerprint density at radius 3 is 2.56 bits per heavy atom. The van der Waals surface area contributed by atoms with E-state index < -0.39 is 0 Å². The van der Waals surface area contributed by atoms with Crippen molar-refractivity contribution in [2.24, 2.45) is 0 Å². The lowest BCUT2D eigenvalue weighted by molar-refractivity contribution is 1.23. The van der Waals surface area contributed by atoms with E-state index in [1.165, 1.54) is 0 Å². The maximum absolute atomic E-state index is 8.88. The summed E-state index contributed by atoms with van der Waals surface area (Å²) in [6.45, 7) is 1.93. The molecule has 0 amide bonds. The lowest BCUT2D eigenvalue weighted by Gasteiger charge is -2.06. The van der Waals surface area contributed by atoms with Crippen molar-refractivity contribution in [2.45, 2.75) is 6.92 Å². The number of hydrogen-bond acceptors (Lipinski definition) is 2. The van der Waals surface area contributed by atoms with E-state index in [0.717, 1.165) is 16.8 Å². The van der Waals surface area contributed by atoms with Crippen LogP contribution in [0.2, 0.25) is 5.02 Å². The summed E-state index contributed by atoms with van der Waals surface area (Å²) >= 11 is 5.90. The van der Waals surface area contributed by atoms with Crippen LogP contribution in [0.4, 0.5) is 0 Å². The molecule has 0 saturated heterocycles. The van der Waals surface area contributed by atoms with Crippen LogP contribution < -0.4 is 0 Å². The summed E-state index contributed by atoms with van der Waals surface area (Å²) in [5.74, 6) is 0. The molecule has 0 bridgehead atoms. The van der Waals surface area contributed by atoms with E-state index in [0.29, 0.717) is 5.02 Å². The molecule has 0 radical (unpaired) electrons. The molecule has 0 aliphatic heterocycles. The van der Waals surface area contributed by atoms with Gasteiger partial charge in [-0.25, -0.2) is 4.98 Å². The lowest BCUT2D eigenvalue weighted by Crippen LogP contribution is -1.93. The number of aromatic nitrogens is 1. The Hall–Kier alpha value is -1.85. The van der Waals surface area contributed by atoms with Gasteiger partial charge in [-0.2, -0.15) is 5.26 Å². The van der Waals surface area contributed by atoms with E-state index in [4.69, 9.17) is 16.9 Å². The maximum Gasteiger partial charge on any atom is 0.159 e. The zero-order valence-corrected chi connectivity index (χ0v) is 9.49. The molecule has 0 spiro atoms. The highest BCUT2D eigenvalue weighted by Gasteiger charge is 2.08. The summed E-state index contributed by atoms with van der Waals surface area (Å²) in [5, 5.41) is 9.29. The number of benzene rings is 1. The molecule has 1 aromatic carbocycles. The van der Waals surface area contributed by atoms with Crippen LogP contribution in [-0.2, 0) is 0 Å². The van der Waals surface area contributed by atoms with Crippen LogP contribution in [0, 0.1) is 18.3 Å². The van der Waals surface area contributed by atoms with Gasteiger partial charge in [0.15, 0.2) is 5.69 Å². The number of nitrogens with zero attached hydrogens (tertiary/aromatic N) is 2. The van der Waals surface area contributed by atoms with Gasteiger partial charge in [-0.15, -0.1) is 0 Å². The molecule has 2 aromatic rings. The zero-order valence-electron chi connectivity index (χ0n) is 8.74. The van der Waals surface area contributed by atoms with Crippen molar-refractivity contribution in [1.82, 2.24) is 4.98 Å². The van der Waals surface area contributed by atoms with Gasteiger partial charge in [-0.05, 0) is 18.6 Å². The Labute approximate surface area is 99.1 Å². The molecule has 1 aromatic heterocycles. The smallest absolute Gasteiger partial charge is 0.159 e. The Kier molecular flexibility index (Phi) is 2.89. The summed E-state index contributed by atoms with van der Waals surface area (Å²) in [7, 11) is 0. The lowest BCUT2D eigenvalue weighted by atomic mass is 10.1. The Morgan fingerprint density at radius 2 is 1.94 bits per heavy atom. The third-order valence-electron chi connectivity index (χ3n) is 2.32. The number of nitriles is 1. The topological polar surface area (TPSA) is 36.7 Å². The van der Waals surface area contributed by atoms with Crippen molar-refractivity contribution < 1.29 is 0 Å². The molecule has 0 saturated carbocycles. The van der Waals surface area contributed by atoms with Gasteiger partial charge in [-0.1, -0.05) is 41.9 Å². The molecule has 0 atom stereocenters. The highest BCUT2D eigenvalue weighted by molar-refractivity contribution is 6.31. The monoisotopic (exact) mass is 228 g/mol. The first kappa shape index (κ1) is 10.7. The van der Waals surface area contributed by atoms with Gasteiger partial charge >= 0.3 is 0 Å². The van der Waals surface area contributed by atoms with Crippen LogP contribution >= 0.6 is 11.6 Å². The minimum atomic E-state index is 0.270. The van der Waals surface area contributed by atoms with Gasteiger partial charge in [0.1, 0.15) is 6.07 Å². The number of aryl methyl sites for hydroxylation is 1. The third kappa shape index (κ3) is 1.91. The van der Waals surface area contributed by atoms with E-state index in [1.54, 1.807) is 6.07 Å². The van der Waals surface area contributed by atoms with Gasteiger partial charge in [0.25, 0.3) is 0 Å². The highest BCUT2D eigenvalue weighted by atomic mass is 35.5. The SMILES string of the molecule is Cc1cc(Cl)c(C#N)nc1-c1ccccc1. The number of halogens is 1. The van der Waals surface area contributed by atoms with Gasteiger partial charge in [0.05, 0.1) is 10.7 Å². The fraction of sp³-hybridized carbons (Fsp3) is 0.0769. The van der Waals surface area contributed by atoms with Crippen LogP contribution in [-0.4, -0.2) is 4.98 Å². The van der Waals surface area contributed by atoms with Crippen molar-refractivity contribution >= 4 is 11.6 Å². The normalized spacial score (nSPS) is 9.81. The van der Waals surface area contributed by atoms with Crippen LogP contribution in [0.3, 0.4) is 0 Å². The molecule has 78 valence electrons. The zero-order chi connectivity index (χ0) is 11.5. The Bertz CT molecular complexity index is 556. The first-order chi connectivity index (χ1) is 7.72. The Balaban J connectivity index is 2.63. The number of pyridine rings is 1. The molecule has 0 fully saturated rings. The summed E-state index contributed by atoms with van der Waals surface area (Å²) in [4.78, 5) is 4.27. The minimum Gasteiger partial charge on any atom is -0.235 e. The second kappa shape index (κ2) is 4.34. The standard InChI is InChI=1S/C13H9ClN2/c1-9-7-11(14)12(8-15)16-13(9)10-5-3-2-4-6-10/h2-7H,1H3.